The molecule has 0 radical (unpaired) electrons. The SMILES string of the molecule is CCCCC(c1cccc2c1CC(c1cncc(N)n1)C(=O)N2)N1C(C)CCCC1C. The van der Waals surface area contributed by atoms with E-state index in [1.54, 1.807) is 6.20 Å². The van der Waals surface area contributed by atoms with Gasteiger partial charge in [-0.05, 0) is 56.7 Å². The van der Waals surface area contributed by atoms with E-state index in [1.165, 1.54) is 49.4 Å². The molecule has 0 aliphatic carbocycles. The Morgan fingerprint density at radius 3 is 2.71 bits per heavy atom. The first-order valence-corrected chi connectivity index (χ1v) is 11.8. The lowest BCUT2D eigenvalue weighted by molar-refractivity contribution is -0.117. The number of fused-ring (bicyclic) bond motifs is 1. The minimum absolute atomic E-state index is 0.0330. The summed E-state index contributed by atoms with van der Waals surface area (Å²) in [6.07, 6.45) is 11.1. The topological polar surface area (TPSA) is 84.1 Å². The Morgan fingerprint density at radius 1 is 1.23 bits per heavy atom. The normalized spacial score (nSPS) is 25.0. The first-order chi connectivity index (χ1) is 15.0. The third kappa shape index (κ3) is 4.45. The highest BCUT2D eigenvalue weighted by Crippen LogP contribution is 2.41. The summed E-state index contributed by atoms with van der Waals surface area (Å²) in [4.78, 5) is 24.2. The number of nitrogens with two attached hydrogens (primary N) is 1. The maximum absolute atomic E-state index is 12.9. The van der Waals surface area contributed by atoms with E-state index < -0.39 is 0 Å². The molecule has 1 aromatic carbocycles. The van der Waals surface area contributed by atoms with Crippen LogP contribution in [0.5, 0.6) is 0 Å². The van der Waals surface area contributed by atoms with E-state index in [0.29, 0.717) is 36.1 Å². The van der Waals surface area contributed by atoms with Crippen molar-refractivity contribution in [1.29, 1.82) is 0 Å². The lowest BCUT2D eigenvalue weighted by Gasteiger charge is -2.45. The molecule has 166 valence electrons. The predicted octanol–water partition coefficient (Wildman–Crippen LogP) is 4.83. The van der Waals surface area contributed by atoms with Gasteiger partial charge in [0.15, 0.2) is 0 Å². The summed E-state index contributed by atoms with van der Waals surface area (Å²) in [6.45, 7) is 7.00. The fourth-order valence-electron chi connectivity index (χ4n) is 5.50. The number of nitrogens with zero attached hydrogens (tertiary/aromatic N) is 3. The van der Waals surface area contributed by atoms with Gasteiger partial charge in [0.05, 0.1) is 17.8 Å². The van der Waals surface area contributed by atoms with Crippen molar-refractivity contribution in [3.05, 3.63) is 47.4 Å². The monoisotopic (exact) mass is 421 g/mol. The average Bonchev–Trinajstić information content (AvgIpc) is 2.75. The van der Waals surface area contributed by atoms with Crippen LogP contribution in [0.4, 0.5) is 11.5 Å². The van der Waals surface area contributed by atoms with Crippen LogP contribution in [0.3, 0.4) is 0 Å². The summed E-state index contributed by atoms with van der Waals surface area (Å²) in [5.41, 5.74) is 10.0. The maximum atomic E-state index is 12.9. The Morgan fingerprint density at radius 2 is 2.00 bits per heavy atom. The third-order valence-corrected chi connectivity index (χ3v) is 7.04. The predicted molar refractivity (Wildman–Crippen MR) is 125 cm³/mol. The molecule has 31 heavy (non-hydrogen) atoms. The fourth-order valence-corrected chi connectivity index (χ4v) is 5.50. The van der Waals surface area contributed by atoms with Gasteiger partial charge in [0.2, 0.25) is 5.91 Å². The summed E-state index contributed by atoms with van der Waals surface area (Å²) in [5, 5.41) is 3.14. The lowest BCUT2D eigenvalue weighted by Crippen LogP contribution is -2.46. The minimum atomic E-state index is -0.368. The van der Waals surface area contributed by atoms with Crippen molar-refractivity contribution in [2.45, 2.75) is 89.8 Å². The highest BCUT2D eigenvalue weighted by molar-refractivity contribution is 5.99. The van der Waals surface area contributed by atoms with E-state index in [9.17, 15) is 4.79 Å². The summed E-state index contributed by atoms with van der Waals surface area (Å²) >= 11 is 0. The molecule has 3 heterocycles. The molecular weight excluding hydrogens is 386 g/mol. The van der Waals surface area contributed by atoms with Crippen molar-refractivity contribution in [3.63, 3.8) is 0 Å². The number of nitrogens with one attached hydrogen (secondary N) is 1. The zero-order chi connectivity index (χ0) is 22.0. The molecule has 4 unspecified atom stereocenters. The number of aromatic nitrogens is 2. The Kier molecular flexibility index (Phi) is 6.56. The largest absolute Gasteiger partial charge is 0.382 e. The number of hydrogen-bond donors (Lipinski definition) is 2. The number of anilines is 2. The number of carbonyl (C=O) groups is 1. The second-order valence-corrected chi connectivity index (χ2v) is 9.22. The van der Waals surface area contributed by atoms with Gasteiger partial charge in [-0.15, -0.1) is 0 Å². The molecule has 0 spiro atoms. The molecule has 1 saturated heterocycles. The summed E-state index contributed by atoms with van der Waals surface area (Å²) in [7, 11) is 0. The number of amides is 1. The van der Waals surface area contributed by atoms with Crippen LogP contribution in [-0.2, 0) is 11.2 Å². The minimum Gasteiger partial charge on any atom is -0.382 e. The van der Waals surface area contributed by atoms with Crippen LogP contribution in [-0.4, -0.2) is 32.9 Å². The Hall–Kier alpha value is -2.47. The van der Waals surface area contributed by atoms with Crippen LogP contribution in [0.2, 0.25) is 0 Å². The number of unbranched alkanes of at least 4 members (excludes halogenated alkanes) is 1. The van der Waals surface area contributed by atoms with E-state index in [0.717, 1.165) is 12.1 Å². The van der Waals surface area contributed by atoms with Gasteiger partial charge in [-0.3, -0.25) is 14.7 Å². The second-order valence-electron chi connectivity index (χ2n) is 9.22. The maximum Gasteiger partial charge on any atom is 0.233 e. The van der Waals surface area contributed by atoms with Crippen molar-refractivity contribution in [2.24, 2.45) is 0 Å². The molecule has 4 rings (SSSR count). The molecule has 4 atom stereocenters. The van der Waals surface area contributed by atoms with Crippen LogP contribution in [0.25, 0.3) is 0 Å². The van der Waals surface area contributed by atoms with Crippen LogP contribution >= 0.6 is 0 Å². The summed E-state index contributed by atoms with van der Waals surface area (Å²) in [6, 6.07) is 7.88. The standard InChI is InChI=1S/C25H35N5O/c1-4-5-12-23(30-16(2)8-6-9-17(30)3)18-10-7-11-21-19(18)13-20(25(31)29-21)22-14-27-15-24(26)28-22/h7,10-11,14-17,20,23H,4-6,8-9,12-13H2,1-3H3,(H2,26,28)(H,29,31). The molecule has 1 fully saturated rings. The van der Waals surface area contributed by atoms with Gasteiger partial charge < -0.3 is 11.1 Å². The molecule has 0 bridgehead atoms. The average molecular weight is 422 g/mol. The first kappa shape index (κ1) is 21.8. The van der Waals surface area contributed by atoms with Crippen LogP contribution in [0.1, 0.15) is 88.1 Å². The number of piperidine rings is 1. The van der Waals surface area contributed by atoms with E-state index >= 15 is 0 Å². The highest BCUT2D eigenvalue weighted by Gasteiger charge is 2.36. The van der Waals surface area contributed by atoms with Crippen LogP contribution in [0.15, 0.2) is 30.6 Å². The Balaban J connectivity index is 1.73. The van der Waals surface area contributed by atoms with E-state index in [1.807, 2.05) is 6.07 Å². The van der Waals surface area contributed by atoms with Crippen LogP contribution in [0, 0.1) is 0 Å². The lowest BCUT2D eigenvalue weighted by atomic mass is 9.83. The van der Waals surface area contributed by atoms with Crippen LogP contribution < -0.4 is 11.1 Å². The number of benzene rings is 1. The molecule has 1 aromatic heterocycles. The van der Waals surface area contributed by atoms with Crippen molar-refractivity contribution in [3.8, 4) is 0 Å². The second kappa shape index (κ2) is 9.35. The van der Waals surface area contributed by atoms with E-state index in [2.05, 4.69) is 53.1 Å². The Labute approximate surface area is 185 Å². The zero-order valence-corrected chi connectivity index (χ0v) is 19.0. The quantitative estimate of drug-likeness (QED) is 0.698. The molecule has 6 heteroatoms. The number of carbonyl (C=O) groups excluding carboxylic acids is 1. The van der Waals surface area contributed by atoms with Gasteiger partial charge in [0.25, 0.3) is 0 Å². The van der Waals surface area contributed by atoms with Gasteiger partial charge >= 0.3 is 0 Å². The van der Waals surface area contributed by atoms with Crippen molar-refractivity contribution < 1.29 is 4.79 Å². The molecule has 2 aliphatic rings. The highest BCUT2D eigenvalue weighted by atomic mass is 16.2. The zero-order valence-electron chi connectivity index (χ0n) is 19.0. The van der Waals surface area contributed by atoms with Crippen molar-refractivity contribution >= 4 is 17.4 Å². The molecule has 2 aliphatic heterocycles. The number of likely N-dealkylation sites (tertiary alicyclic amines) is 1. The molecule has 0 saturated carbocycles. The van der Waals surface area contributed by atoms with Gasteiger partial charge in [-0.2, -0.15) is 0 Å². The number of rotatable bonds is 6. The van der Waals surface area contributed by atoms with Gasteiger partial charge in [-0.25, -0.2) is 4.98 Å². The van der Waals surface area contributed by atoms with Crippen molar-refractivity contribution in [1.82, 2.24) is 14.9 Å². The third-order valence-electron chi connectivity index (χ3n) is 7.04. The smallest absolute Gasteiger partial charge is 0.233 e. The molecule has 2 aromatic rings. The molecular formula is C25H35N5O. The summed E-state index contributed by atoms with van der Waals surface area (Å²) in [5.74, 6) is -0.0526. The summed E-state index contributed by atoms with van der Waals surface area (Å²) < 4.78 is 0. The number of hydrogen-bond acceptors (Lipinski definition) is 5. The van der Waals surface area contributed by atoms with Gasteiger partial charge in [-0.1, -0.05) is 38.3 Å². The number of nitrogen functional groups attached to an aromatic ring is 1. The Bertz CT molecular complexity index is 920. The fraction of sp³-hybridized carbons (Fsp3) is 0.560. The van der Waals surface area contributed by atoms with Gasteiger partial charge in [0, 0.05) is 30.0 Å². The van der Waals surface area contributed by atoms with Crippen molar-refractivity contribution in [2.75, 3.05) is 11.1 Å². The van der Waals surface area contributed by atoms with Gasteiger partial charge in [0.1, 0.15) is 5.82 Å². The molecule has 6 nitrogen and oxygen atoms in total. The van der Waals surface area contributed by atoms with E-state index in [4.69, 9.17) is 5.73 Å². The molecule has 1 amide bonds. The molecule has 3 N–H and O–H groups in total. The first-order valence-electron chi connectivity index (χ1n) is 11.8. The van der Waals surface area contributed by atoms with E-state index in [-0.39, 0.29) is 11.8 Å².